The van der Waals surface area contributed by atoms with Crippen molar-refractivity contribution in [2.45, 2.75) is 59.2 Å². The zero-order valence-corrected chi connectivity index (χ0v) is 20.3. The highest BCUT2D eigenvalue weighted by Gasteiger charge is 2.21. The molecule has 0 radical (unpaired) electrons. The predicted octanol–water partition coefficient (Wildman–Crippen LogP) is 6.60. The van der Waals surface area contributed by atoms with E-state index in [-0.39, 0.29) is 18.2 Å². The van der Waals surface area contributed by atoms with Gasteiger partial charge in [0.2, 0.25) is 0 Å². The van der Waals surface area contributed by atoms with E-state index in [1.165, 1.54) is 0 Å². The molecule has 2 atom stereocenters. The van der Waals surface area contributed by atoms with Crippen LogP contribution in [0.15, 0.2) is 67.3 Å². The van der Waals surface area contributed by atoms with Crippen LogP contribution >= 0.6 is 0 Å². The van der Waals surface area contributed by atoms with E-state index < -0.39 is 5.97 Å². The summed E-state index contributed by atoms with van der Waals surface area (Å²) in [6.45, 7) is 11.4. The molecule has 0 N–H and O–H groups in total. The van der Waals surface area contributed by atoms with Crippen molar-refractivity contribution in [2.24, 2.45) is 0 Å². The van der Waals surface area contributed by atoms with Crippen molar-refractivity contribution in [1.29, 1.82) is 0 Å². The molecule has 3 aromatic carbocycles. The largest absolute Gasteiger partial charge is 0.487 e. The molecule has 0 aliphatic heterocycles. The van der Waals surface area contributed by atoms with Crippen LogP contribution in [-0.2, 0) is 16.0 Å². The van der Waals surface area contributed by atoms with Crippen molar-refractivity contribution >= 4 is 22.7 Å². The summed E-state index contributed by atoms with van der Waals surface area (Å²) >= 11 is 0. The molecule has 34 heavy (non-hydrogen) atoms. The molecule has 0 aliphatic rings. The van der Waals surface area contributed by atoms with Crippen LogP contribution in [0.2, 0.25) is 0 Å². The predicted molar refractivity (Wildman–Crippen MR) is 135 cm³/mol. The van der Waals surface area contributed by atoms with Crippen LogP contribution in [0.25, 0.3) is 10.8 Å². The number of benzene rings is 3. The van der Waals surface area contributed by atoms with Gasteiger partial charge in [0.1, 0.15) is 23.7 Å². The zero-order valence-electron chi connectivity index (χ0n) is 20.3. The molecule has 0 spiro atoms. The first-order valence-corrected chi connectivity index (χ1v) is 11.7. The summed E-state index contributed by atoms with van der Waals surface area (Å²) in [5.74, 6) is 0.421. The van der Waals surface area contributed by atoms with Gasteiger partial charge in [0, 0.05) is 6.08 Å². The second kappa shape index (κ2) is 11.5. The molecule has 2 unspecified atom stereocenters. The summed E-state index contributed by atoms with van der Waals surface area (Å²) in [7, 11) is 0. The summed E-state index contributed by atoms with van der Waals surface area (Å²) in [6.07, 6.45) is 2.90. The highest BCUT2D eigenvalue weighted by molar-refractivity contribution is 5.96. The van der Waals surface area contributed by atoms with Crippen LogP contribution in [0.1, 0.15) is 55.1 Å². The molecule has 0 amide bonds. The average Bonchev–Trinajstić information content (AvgIpc) is 2.83. The normalized spacial score (nSPS) is 12.6. The minimum atomic E-state index is -0.465. The van der Waals surface area contributed by atoms with Crippen LogP contribution in [-0.4, -0.2) is 24.1 Å². The summed E-state index contributed by atoms with van der Waals surface area (Å²) in [6, 6.07) is 17.0. The van der Waals surface area contributed by atoms with Gasteiger partial charge in [0.05, 0.1) is 5.56 Å². The monoisotopic (exact) mass is 460 g/mol. The van der Waals surface area contributed by atoms with Gasteiger partial charge in [-0.2, -0.15) is 0 Å². The minimum Gasteiger partial charge on any atom is -0.487 e. The molecule has 3 aromatic rings. The fraction of sp³-hybridized carbons (Fsp3) is 0.310. The van der Waals surface area contributed by atoms with Crippen molar-refractivity contribution in [3.05, 3.63) is 83.9 Å². The quantitative estimate of drug-likeness (QED) is 0.194. The van der Waals surface area contributed by atoms with Crippen molar-refractivity contribution in [1.82, 2.24) is 0 Å². The minimum absolute atomic E-state index is 0.326. The molecule has 3 rings (SSSR count). The standard InChI is InChI=1S/C29H32O5/c1-6-9-23-16-19(4)10-15-27(23)34-29(31)24-12-11-22-18-25(14-13-21(22)17-24)32-20(5)26(7-2)33-28(30)8-3/h8,10-18,20,26H,3,6-7,9H2,1-2,4-5H3. The van der Waals surface area contributed by atoms with Gasteiger partial charge in [0.15, 0.2) is 0 Å². The zero-order chi connectivity index (χ0) is 24.7. The number of ether oxygens (including phenoxy) is 3. The van der Waals surface area contributed by atoms with Crippen molar-refractivity contribution in [2.75, 3.05) is 0 Å². The van der Waals surface area contributed by atoms with Gasteiger partial charge in [-0.3, -0.25) is 0 Å². The third kappa shape index (κ3) is 6.25. The highest BCUT2D eigenvalue weighted by atomic mass is 16.6. The van der Waals surface area contributed by atoms with E-state index in [9.17, 15) is 9.59 Å². The summed E-state index contributed by atoms with van der Waals surface area (Å²) in [5, 5.41) is 1.83. The van der Waals surface area contributed by atoms with E-state index >= 15 is 0 Å². The van der Waals surface area contributed by atoms with E-state index in [4.69, 9.17) is 14.2 Å². The molecule has 0 heterocycles. The first-order valence-electron chi connectivity index (χ1n) is 11.7. The molecule has 0 fully saturated rings. The summed E-state index contributed by atoms with van der Waals surface area (Å²) in [5.41, 5.74) is 2.67. The van der Waals surface area contributed by atoms with Crippen LogP contribution in [0.4, 0.5) is 0 Å². The molecule has 5 heteroatoms. The Labute approximate surface area is 201 Å². The maximum Gasteiger partial charge on any atom is 0.343 e. The van der Waals surface area contributed by atoms with E-state index in [1.807, 2.05) is 63.2 Å². The maximum absolute atomic E-state index is 12.8. The molecule has 0 saturated heterocycles. The Hall–Kier alpha value is -3.60. The molecule has 0 aliphatic carbocycles. The molecule has 0 saturated carbocycles. The highest BCUT2D eigenvalue weighted by Crippen LogP contribution is 2.26. The lowest BCUT2D eigenvalue weighted by molar-refractivity contribution is -0.147. The second-order valence-corrected chi connectivity index (χ2v) is 8.39. The number of esters is 2. The van der Waals surface area contributed by atoms with Crippen LogP contribution < -0.4 is 9.47 Å². The fourth-order valence-electron chi connectivity index (χ4n) is 3.85. The van der Waals surface area contributed by atoms with E-state index in [0.29, 0.717) is 23.5 Å². The lowest BCUT2D eigenvalue weighted by atomic mass is 10.1. The Balaban J connectivity index is 1.74. The van der Waals surface area contributed by atoms with Crippen LogP contribution in [0.5, 0.6) is 11.5 Å². The molecule has 0 aromatic heterocycles. The summed E-state index contributed by atoms with van der Waals surface area (Å²) < 4.78 is 17.1. The molecule has 5 nitrogen and oxygen atoms in total. The number of carbonyl (C=O) groups is 2. The number of hydrogen-bond donors (Lipinski definition) is 0. The lowest BCUT2D eigenvalue weighted by Crippen LogP contribution is -2.32. The SMILES string of the molecule is C=CC(=O)OC(CC)C(C)Oc1ccc2cc(C(=O)Oc3ccc(C)cc3CCC)ccc2c1. The van der Waals surface area contributed by atoms with Gasteiger partial charge in [-0.25, -0.2) is 9.59 Å². The van der Waals surface area contributed by atoms with E-state index in [2.05, 4.69) is 19.6 Å². The average molecular weight is 461 g/mol. The lowest BCUT2D eigenvalue weighted by Gasteiger charge is -2.23. The molecular formula is C29H32O5. The van der Waals surface area contributed by atoms with Gasteiger partial charge in [0.25, 0.3) is 0 Å². The maximum atomic E-state index is 12.8. The van der Waals surface area contributed by atoms with Gasteiger partial charge < -0.3 is 14.2 Å². The number of hydrogen-bond acceptors (Lipinski definition) is 5. The first kappa shape index (κ1) is 25.0. The fourth-order valence-corrected chi connectivity index (χ4v) is 3.85. The third-order valence-electron chi connectivity index (χ3n) is 5.67. The Morgan fingerprint density at radius 1 is 1.00 bits per heavy atom. The molecule has 178 valence electrons. The Morgan fingerprint density at radius 3 is 2.44 bits per heavy atom. The van der Waals surface area contributed by atoms with Crippen LogP contribution in [0, 0.1) is 6.92 Å². The number of rotatable bonds is 10. The van der Waals surface area contributed by atoms with E-state index in [1.54, 1.807) is 6.07 Å². The van der Waals surface area contributed by atoms with Gasteiger partial charge in [-0.1, -0.05) is 56.7 Å². The number of carbonyl (C=O) groups excluding carboxylic acids is 2. The van der Waals surface area contributed by atoms with Gasteiger partial charge in [-0.05, 0) is 73.4 Å². The number of fused-ring (bicyclic) bond motifs is 1. The van der Waals surface area contributed by atoms with Crippen molar-refractivity contribution in [3.63, 3.8) is 0 Å². The second-order valence-electron chi connectivity index (χ2n) is 8.39. The van der Waals surface area contributed by atoms with Gasteiger partial charge >= 0.3 is 11.9 Å². The first-order chi connectivity index (χ1) is 16.3. The number of aryl methyl sites for hydroxylation is 2. The topological polar surface area (TPSA) is 61.8 Å². The van der Waals surface area contributed by atoms with E-state index in [0.717, 1.165) is 40.8 Å². The van der Waals surface area contributed by atoms with Crippen LogP contribution in [0.3, 0.4) is 0 Å². The Morgan fingerprint density at radius 2 is 1.74 bits per heavy atom. The molecule has 0 bridgehead atoms. The Kier molecular flexibility index (Phi) is 8.47. The molecular weight excluding hydrogens is 428 g/mol. The smallest absolute Gasteiger partial charge is 0.343 e. The Bertz CT molecular complexity index is 1180. The van der Waals surface area contributed by atoms with Gasteiger partial charge in [-0.15, -0.1) is 0 Å². The van der Waals surface area contributed by atoms with Crippen molar-refractivity contribution in [3.8, 4) is 11.5 Å². The third-order valence-corrected chi connectivity index (χ3v) is 5.67. The van der Waals surface area contributed by atoms with Crippen molar-refractivity contribution < 1.29 is 23.8 Å². The summed E-state index contributed by atoms with van der Waals surface area (Å²) in [4.78, 5) is 24.4.